The van der Waals surface area contributed by atoms with Gasteiger partial charge in [0.25, 0.3) is 5.91 Å². The molecule has 26 heavy (non-hydrogen) atoms. The van der Waals surface area contributed by atoms with Crippen molar-refractivity contribution >= 4 is 34.1 Å². The third kappa shape index (κ3) is 4.90. The normalized spacial score (nSPS) is 10.2. The number of anilines is 2. The molecule has 6 nitrogen and oxygen atoms in total. The van der Waals surface area contributed by atoms with Crippen LogP contribution in [0.25, 0.3) is 0 Å². The summed E-state index contributed by atoms with van der Waals surface area (Å²) in [6.07, 6.45) is 0. The molecule has 0 spiro atoms. The van der Waals surface area contributed by atoms with E-state index < -0.39 is 6.03 Å². The maximum atomic E-state index is 12.2. The van der Waals surface area contributed by atoms with Gasteiger partial charge in [0.2, 0.25) is 0 Å². The lowest BCUT2D eigenvalue weighted by atomic mass is 10.1. The summed E-state index contributed by atoms with van der Waals surface area (Å²) in [5.74, 6) is -0.279. The number of aromatic nitrogens is 1. The molecule has 3 rings (SSSR count). The van der Waals surface area contributed by atoms with Crippen LogP contribution in [0.4, 0.5) is 15.6 Å². The predicted octanol–water partition coefficient (Wildman–Crippen LogP) is 4.03. The molecule has 1 heterocycles. The van der Waals surface area contributed by atoms with Crippen molar-refractivity contribution in [3.05, 3.63) is 76.8 Å². The van der Waals surface area contributed by atoms with Gasteiger partial charge in [0.15, 0.2) is 5.13 Å². The summed E-state index contributed by atoms with van der Waals surface area (Å²) in [4.78, 5) is 28.3. The van der Waals surface area contributed by atoms with Gasteiger partial charge in [-0.05, 0) is 24.6 Å². The highest BCUT2D eigenvalue weighted by Crippen LogP contribution is 2.16. The predicted molar refractivity (Wildman–Crippen MR) is 104 cm³/mol. The Bertz CT molecular complexity index is 891. The smallest absolute Gasteiger partial charge is 0.325 e. The Hall–Kier alpha value is -3.19. The number of rotatable bonds is 5. The van der Waals surface area contributed by atoms with E-state index in [1.807, 2.05) is 49.4 Å². The summed E-state index contributed by atoms with van der Waals surface area (Å²) in [5, 5.41) is 10.1. The molecular formula is C19H18N4O2S. The fourth-order valence-corrected chi connectivity index (χ4v) is 2.88. The van der Waals surface area contributed by atoms with E-state index in [-0.39, 0.29) is 11.6 Å². The van der Waals surface area contributed by atoms with E-state index in [4.69, 9.17) is 0 Å². The standard InChI is InChI=1S/C19H18N4O2S/c1-13-7-9-14(10-8-13)11-20-17(24)16-12-26-19(22-16)23-18(25)21-15-5-3-2-4-6-15/h2-10,12H,11H2,1H3,(H,20,24)(H2,21,22,23,25). The number of benzene rings is 2. The molecule has 132 valence electrons. The summed E-state index contributed by atoms with van der Waals surface area (Å²) in [7, 11) is 0. The van der Waals surface area contributed by atoms with Crippen LogP contribution in [-0.2, 0) is 6.54 Å². The second kappa shape index (κ2) is 8.26. The number of urea groups is 1. The van der Waals surface area contributed by atoms with Gasteiger partial charge in [0.05, 0.1) is 0 Å². The molecule has 3 N–H and O–H groups in total. The van der Waals surface area contributed by atoms with E-state index >= 15 is 0 Å². The molecule has 2 aromatic carbocycles. The van der Waals surface area contributed by atoms with Crippen molar-refractivity contribution in [2.45, 2.75) is 13.5 Å². The molecule has 0 saturated heterocycles. The molecule has 0 radical (unpaired) electrons. The highest BCUT2D eigenvalue weighted by atomic mass is 32.1. The van der Waals surface area contributed by atoms with Gasteiger partial charge < -0.3 is 10.6 Å². The molecule has 3 aromatic rings. The Balaban J connectivity index is 1.52. The summed E-state index contributed by atoms with van der Waals surface area (Å²) < 4.78 is 0. The highest BCUT2D eigenvalue weighted by Gasteiger charge is 2.12. The van der Waals surface area contributed by atoms with Crippen molar-refractivity contribution in [1.82, 2.24) is 10.3 Å². The minimum absolute atomic E-state index is 0.275. The van der Waals surface area contributed by atoms with E-state index in [1.54, 1.807) is 17.5 Å². The third-order valence-corrected chi connectivity index (χ3v) is 4.32. The molecule has 0 aliphatic carbocycles. The number of thiazole rings is 1. The number of carbonyl (C=O) groups excluding carboxylic acids is 2. The minimum atomic E-state index is -0.405. The lowest BCUT2D eigenvalue weighted by molar-refractivity contribution is 0.0946. The Morgan fingerprint density at radius 3 is 2.46 bits per heavy atom. The first kappa shape index (κ1) is 17.6. The van der Waals surface area contributed by atoms with Crippen LogP contribution >= 0.6 is 11.3 Å². The molecular weight excluding hydrogens is 348 g/mol. The maximum Gasteiger partial charge on any atom is 0.325 e. The van der Waals surface area contributed by atoms with Crippen LogP contribution in [0.2, 0.25) is 0 Å². The van der Waals surface area contributed by atoms with E-state index in [0.29, 0.717) is 17.4 Å². The van der Waals surface area contributed by atoms with Gasteiger partial charge >= 0.3 is 6.03 Å². The van der Waals surface area contributed by atoms with E-state index in [0.717, 1.165) is 5.56 Å². The second-order valence-corrected chi connectivity index (χ2v) is 6.51. The molecule has 0 atom stereocenters. The quantitative estimate of drug-likeness (QED) is 0.638. The second-order valence-electron chi connectivity index (χ2n) is 5.65. The van der Waals surface area contributed by atoms with Crippen molar-refractivity contribution in [2.75, 3.05) is 10.6 Å². The van der Waals surface area contributed by atoms with Crippen molar-refractivity contribution < 1.29 is 9.59 Å². The molecule has 0 aliphatic rings. The molecule has 0 aliphatic heterocycles. The molecule has 1 aromatic heterocycles. The van der Waals surface area contributed by atoms with Crippen LogP contribution < -0.4 is 16.0 Å². The Labute approximate surface area is 155 Å². The van der Waals surface area contributed by atoms with Gasteiger partial charge in [-0.1, -0.05) is 48.0 Å². The molecule has 0 saturated carbocycles. The van der Waals surface area contributed by atoms with Crippen LogP contribution in [0.5, 0.6) is 0 Å². The monoisotopic (exact) mass is 366 g/mol. The molecule has 0 bridgehead atoms. The van der Waals surface area contributed by atoms with Crippen LogP contribution in [-0.4, -0.2) is 16.9 Å². The average molecular weight is 366 g/mol. The number of para-hydroxylation sites is 1. The topological polar surface area (TPSA) is 83.1 Å². The lowest BCUT2D eigenvalue weighted by Gasteiger charge is -2.05. The zero-order valence-electron chi connectivity index (χ0n) is 14.2. The summed E-state index contributed by atoms with van der Waals surface area (Å²) in [6, 6.07) is 16.6. The van der Waals surface area contributed by atoms with Crippen molar-refractivity contribution in [3.8, 4) is 0 Å². The molecule has 0 unspecified atom stereocenters. The highest BCUT2D eigenvalue weighted by molar-refractivity contribution is 7.14. The van der Waals surface area contributed by atoms with Gasteiger partial charge in [0, 0.05) is 17.6 Å². The van der Waals surface area contributed by atoms with Crippen LogP contribution in [0.3, 0.4) is 0 Å². The number of amides is 3. The van der Waals surface area contributed by atoms with E-state index in [2.05, 4.69) is 20.9 Å². The molecule has 7 heteroatoms. The molecule has 0 fully saturated rings. The number of hydrogen-bond acceptors (Lipinski definition) is 4. The number of carbonyl (C=O) groups is 2. The van der Waals surface area contributed by atoms with E-state index in [1.165, 1.54) is 16.9 Å². The van der Waals surface area contributed by atoms with Crippen molar-refractivity contribution in [3.63, 3.8) is 0 Å². The first-order chi connectivity index (χ1) is 12.6. The number of nitrogens with one attached hydrogen (secondary N) is 3. The Morgan fingerprint density at radius 2 is 1.73 bits per heavy atom. The SMILES string of the molecule is Cc1ccc(CNC(=O)c2csc(NC(=O)Nc3ccccc3)n2)cc1. The number of aryl methyl sites for hydroxylation is 1. The summed E-state index contributed by atoms with van der Waals surface area (Å²) in [5.41, 5.74) is 3.14. The summed E-state index contributed by atoms with van der Waals surface area (Å²) >= 11 is 1.20. The lowest BCUT2D eigenvalue weighted by Crippen LogP contribution is -2.23. The van der Waals surface area contributed by atoms with Crippen LogP contribution in [0.1, 0.15) is 21.6 Å². The Morgan fingerprint density at radius 1 is 1.00 bits per heavy atom. The maximum absolute atomic E-state index is 12.2. The Kier molecular flexibility index (Phi) is 5.60. The van der Waals surface area contributed by atoms with Crippen molar-refractivity contribution in [2.24, 2.45) is 0 Å². The molecule has 3 amide bonds. The fraction of sp³-hybridized carbons (Fsp3) is 0.105. The third-order valence-electron chi connectivity index (χ3n) is 3.56. The number of nitrogens with zero attached hydrogens (tertiary/aromatic N) is 1. The van der Waals surface area contributed by atoms with Gasteiger partial charge in [-0.25, -0.2) is 9.78 Å². The summed E-state index contributed by atoms with van der Waals surface area (Å²) in [6.45, 7) is 2.44. The zero-order chi connectivity index (χ0) is 18.4. The largest absolute Gasteiger partial charge is 0.347 e. The number of hydrogen-bond donors (Lipinski definition) is 3. The van der Waals surface area contributed by atoms with Crippen molar-refractivity contribution in [1.29, 1.82) is 0 Å². The van der Waals surface area contributed by atoms with Gasteiger partial charge in [-0.3, -0.25) is 10.1 Å². The van der Waals surface area contributed by atoms with Gasteiger partial charge in [-0.15, -0.1) is 11.3 Å². The van der Waals surface area contributed by atoms with Gasteiger partial charge in [-0.2, -0.15) is 0 Å². The van der Waals surface area contributed by atoms with E-state index in [9.17, 15) is 9.59 Å². The average Bonchev–Trinajstić information content (AvgIpc) is 3.10. The van der Waals surface area contributed by atoms with Crippen LogP contribution in [0, 0.1) is 6.92 Å². The zero-order valence-corrected chi connectivity index (χ0v) is 15.0. The first-order valence-corrected chi connectivity index (χ1v) is 8.90. The fourth-order valence-electron chi connectivity index (χ4n) is 2.20. The first-order valence-electron chi connectivity index (χ1n) is 8.02. The van der Waals surface area contributed by atoms with Crippen LogP contribution in [0.15, 0.2) is 60.0 Å². The minimum Gasteiger partial charge on any atom is -0.347 e. The van der Waals surface area contributed by atoms with Gasteiger partial charge in [0.1, 0.15) is 5.69 Å².